The molecular formula is C21H16N2O3S. The summed E-state index contributed by atoms with van der Waals surface area (Å²) >= 11 is 1.47. The summed E-state index contributed by atoms with van der Waals surface area (Å²) in [6.45, 7) is 6.00. The van der Waals surface area contributed by atoms with Crippen LogP contribution in [0.1, 0.15) is 26.3 Å². The Balaban J connectivity index is 1.99. The third kappa shape index (κ3) is 1.55. The number of fused-ring (bicyclic) bond motifs is 6. The van der Waals surface area contributed by atoms with Gasteiger partial charge in [-0.3, -0.25) is 0 Å². The van der Waals surface area contributed by atoms with Gasteiger partial charge in [0.2, 0.25) is 0 Å². The zero-order valence-electron chi connectivity index (χ0n) is 15.3. The Hall–Kier alpha value is -2.78. The van der Waals surface area contributed by atoms with Gasteiger partial charge < -0.3 is 9.64 Å². The number of carbonyl (C=O) groups excluding carboxylic acids is 2. The van der Waals surface area contributed by atoms with E-state index in [1.807, 2.05) is 38.2 Å². The van der Waals surface area contributed by atoms with Crippen molar-refractivity contribution in [2.75, 3.05) is 11.9 Å². The molecule has 5 rings (SSSR count). The fraction of sp³-hybridized carbons (Fsp3) is 0.286. The van der Waals surface area contributed by atoms with E-state index in [1.165, 1.54) is 11.8 Å². The van der Waals surface area contributed by atoms with Gasteiger partial charge in [0, 0.05) is 23.9 Å². The molecule has 0 saturated carbocycles. The van der Waals surface area contributed by atoms with E-state index in [4.69, 9.17) is 4.74 Å². The van der Waals surface area contributed by atoms with Crippen LogP contribution in [0.3, 0.4) is 0 Å². The summed E-state index contributed by atoms with van der Waals surface area (Å²) in [5.41, 5.74) is 4.33. The summed E-state index contributed by atoms with van der Waals surface area (Å²) in [7, 11) is 2.00. The molecule has 27 heavy (non-hydrogen) atoms. The van der Waals surface area contributed by atoms with E-state index in [1.54, 1.807) is 0 Å². The maximum Gasteiger partial charge on any atom is 0.347 e. The SMILES string of the molecule is CC1=C(C#N)S[C@]2(C)C1=C1C(=O)OC(=O)C1=C1c3ccccc3N(C)[C@]12C. The summed E-state index contributed by atoms with van der Waals surface area (Å²) in [6, 6.07) is 10.2. The molecule has 1 aliphatic carbocycles. The molecule has 1 fully saturated rings. The van der Waals surface area contributed by atoms with Gasteiger partial charge in [0.1, 0.15) is 6.07 Å². The van der Waals surface area contributed by atoms with Gasteiger partial charge >= 0.3 is 11.9 Å². The highest BCUT2D eigenvalue weighted by Gasteiger charge is 2.66. The number of carbonyl (C=O) groups is 2. The van der Waals surface area contributed by atoms with Crippen molar-refractivity contribution in [2.24, 2.45) is 0 Å². The molecule has 3 aliphatic heterocycles. The van der Waals surface area contributed by atoms with E-state index in [-0.39, 0.29) is 0 Å². The third-order valence-corrected chi connectivity index (χ3v) is 8.18. The Kier molecular flexibility index (Phi) is 2.87. The number of esters is 2. The Bertz CT molecular complexity index is 1140. The van der Waals surface area contributed by atoms with E-state index in [0.29, 0.717) is 16.1 Å². The van der Waals surface area contributed by atoms with E-state index in [2.05, 4.69) is 24.8 Å². The molecule has 134 valence electrons. The molecule has 4 aliphatic rings. The summed E-state index contributed by atoms with van der Waals surface area (Å²) in [5.74, 6) is -1.21. The Morgan fingerprint density at radius 1 is 1.11 bits per heavy atom. The van der Waals surface area contributed by atoms with Gasteiger partial charge in [-0.15, -0.1) is 11.8 Å². The van der Waals surface area contributed by atoms with Crippen LogP contribution in [-0.2, 0) is 14.3 Å². The van der Waals surface area contributed by atoms with Crippen molar-refractivity contribution in [3.05, 3.63) is 57.0 Å². The van der Waals surface area contributed by atoms with Crippen LogP contribution in [-0.4, -0.2) is 29.3 Å². The lowest BCUT2D eigenvalue weighted by Crippen LogP contribution is -2.58. The Labute approximate surface area is 161 Å². The predicted octanol–water partition coefficient (Wildman–Crippen LogP) is 3.35. The molecule has 0 amide bonds. The lowest BCUT2D eigenvalue weighted by atomic mass is 9.65. The highest BCUT2D eigenvalue weighted by atomic mass is 32.2. The Morgan fingerprint density at radius 3 is 2.41 bits per heavy atom. The van der Waals surface area contributed by atoms with Crippen molar-refractivity contribution >= 4 is 35.0 Å². The molecule has 1 saturated heterocycles. The normalized spacial score (nSPS) is 31.0. The molecule has 0 bridgehead atoms. The molecule has 6 heteroatoms. The summed E-state index contributed by atoms with van der Waals surface area (Å²) < 4.78 is 4.45. The molecule has 3 heterocycles. The number of benzene rings is 1. The molecule has 0 spiro atoms. The first-order valence-electron chi connectivity index (χ1n) is 8.67. The molecule has 1 aromatic carbocycles. The zero-order valence-corrected chi connectivity index (χ0v) is 16.2. The van der Waals surface area contributed by atoms with Crippen LogP contribution in [0, 0.1) is 11.3 Å². The van der Waals surface area contributed by atoms with Crippen molar-refractivity contribution in [1.29, 1.82) is 5.26 Å². The number of para-hydroxylation sites is 1. The number of nitrogens with zero attached hydrogens (tertiary/aromatic N) is 2. The Morgan fingerprint density at radius 2 is 1.74 bits per heavy atom. The second-order valence-corrected chi connectivity index (χ2v) is 8.96. The molecular weight excluding hydrogens is 360 g/mol. The number of hydrogen-bond acceptors (Lipinski definition) is 6. The van der Waals surface area contributed by atoms with E-state index >= 15 is 0 Å². The van der Waals surface area contributed by atoms with Gasteiger partial charge in [-0.25, -0.2) is 9.59 Å². The van der Waals surface area contributed by atoms with Crippen molar-refractivity contribution < 1.29 is 14.3 Å². The molecule has 0 radical (unpaired) electrons. The van der Waals surface area contributed by atoms with Crippen LogP contribution >= 0.6 is 11.8 Å². The second kappa shape index (κ2) is 4.73. The number of rotatable bonds is 0. The fourth-order valence-corrected chi connectivity index (χ4v) is 6.61. The summed E-state index contributed by atoms with van der Waals surface area (Å²) in [5, 5.41) is 9.66. The molecule has 0 N–H and O–H groups in total. The number of anilines is 1. The number of thioether (sulfide) groups is 1. The number of nitriles is 1. The van der Waals surface area contributed by atoms with Crippen molar-refractivity contribution in [3.63, 3.8) is 0 Å². The smallest absolute Gasteiger partial charge is 0.347 e. The van der Waals surface area contributed by atoms with Gasteiger partial charge in [0.25, 0.3) is 0 Å². The molecule has 2 atom stereocenters. The van der Waals surface area contributed by atoms with Crippen molar-refractivity contribution in [3.8, 4) is 6.07 Å². The summed E-state index contributed by atoms with van der Waals surface area (Å²) in [6.07, 6.45) is 0. The number of ether oxygens (including phenoxy) is 1. The van der Waals surface area contributed by atoms with Gasteiger partial charge in [-0.1, -0.05) is 18.2 Å². The van der Waals surface area contributed by atoms with Crippen LogP contribution in [0.25, 0.3) is 5.57 Å². The minimum Gasteiger partial charge on any atom is -0.386 e. The van der Waals surface area contributed by atoms with E-state index in [0.717, 1.165) is 28.0 Å². The van der Waals surface area contributed by atoms with Gasteiger partial charge in [0.05, 0.1) is 26.3 Å². The van der Waals surface area contributed by atoms with Crippen LogP contribution in [0.5, 0.6) is 0 Å². The molecule has 0 aromatic heterocycles. The highest BCUT2D eigenvalue weighted by Crippen LogP contribution is 2.68. The van der Waals surface area contributed by atoms with Crippen LogP contribution < -0.4 is 4.90 Å². The lowest BCUT2D eigenvalue weighted by molar-refractivity contribution is -0.149. The average molecular weight is 376 g/mol. The molecule has 0 unspecified atom stereocenters. The van der Waals surface area contributed by atoms with Gasteiger partial charge in [-0.2, -0.15) is 5.26 Å². The largest absolute Gasteiger partial charge is 0.386 e. The van der Waals surface area contributed by atoms with Crippen LogP contribution in [0.2, 0.25) is 0 Å². The number of likely N-dealkylation sites (N-methyl/N-ethyl adjacent to an activating group) is 1. The number of hydrogen-bond donors (Lipinski definition) is 0. The summed E-state index contributed by atoms with van der Waals surface area (Å²) in [4.78, 5) is 28.1. The van der Waals surface area contributed by atoms with Crippen molar-refractivity contribution in [1.82, 2.24) is 0 Å². The average Bonchev–Trinajstić information content (AvgIpc) is 3.16. The quantitative estimate of drug-likeness (QED) is 0.511. The van der Waals surface area contributed by atoms with Crippen molar-refractivity contribution in [2.45, 2.75) is 31.1 Å². The topological polar surface area (TPSA) is 70.4 Å². The first kappa shape index (κ1) is 16.4. The van der Waals surface area contributed by atoms with E-state index < -0.39 is 22.2 Å². The van der Waals surface area contributed by atoms with Crippen LogP contribution in [0.15, 0.2) is 51.5 Å². The minimum atomic E-state index is -0.614. The van der Waals surface area contributed by atoms with Gasteiger partial charge in [-0.05, 0) is 38.0 Å². The molecule has 5 nitrogen and oxygen atoms in total. The van der Waals surface area contributed by atoms with E-state index in [9.17, 15) is 14.9 Å². The maximum absolute atomic E-state index is 12.7. The first-order valence-corrected chi connectivity index (χ1v) is 9.49. The number of allylic oxidation sites excluding steroid dienone is 2. The minimum absolute atomic E-state index is 0.329. The standard InChI is InChI=1S/C21H16N2O3S/c1-10-13(9-22)27-21(3)16(10)14-15(19(25)26-18(14)24)17-11-7-5-6-8-12(11)23(4)20(17,21)2/h5-8H,1-4H3/t20-,21-/m1/s1. The fourth-order valence-electron chi connectivity index (χ4n) is 5.11. The van der Waals surface area contributed by atoms with Crippen LogP contribution in [0.4, 0.5) is 5.69 Å². The monoisotopic (exact) mass is 376 g/mol. The van der Waals surface area contributed by atoms with Gasteiger partial charge in [0.15, 0.2) is 0 Å². The highest BCUT2D eigenvalue weighted by molar-refractivity contribution is 8.05. The lowest BCUT2D eigenvalue weighted by Gasteiger charge is -2.50. The molecule has 1 aromatic rings. The predicted molar refractivity (Wildman–Crippen MR) is 103 cm³/mol. The zero-order chi connectivity index (χ0) is 19.3. The second-order valence-electron chi connectivity index (χ2n) is 7.53. The first-order chi connectivity index (χ1) is 12.8. The number of cyclic esters (lactones) is 2. The third-order valence-electron chi connectivity index (χ3n) is 6.57. The maximum atomic E-state index is 12.7.